The summed E-state index contributed by atoms with van der Waals surface area (Å²) in [4.78, 5) is 15.0. The molecule has 1 aliphatic heterocycles. The maximum Gasteiger partial charge on any atom is 0.271 e. The molecular weight excluding hydrogens is 407 g/mol. The van der Waals surface area contributed by atoms with Gasteiger partial charge in [0.15, 0.2) is 0 Å². The fourth-order valence-corrected chi connectivity index (χ4v) is 4.21. The summed E-state index contributed by atoms with van der Waals surface area (Å²) in [6.07, 6.45) is 0. The third kappa shape index (κ3) is 3.29. The molecule has 0 radical (unpaired) electrons. The van der Waals surface area contributed by atoms with Gasteiger partial charge in [-0.2, -0.15) is 14.9 Å². The zero-order valence-corrected chi connectivity index (χ0v) is 17.7. The van der Waals surface area contributed by atoms with E-state index in [1.807, 2.05) is 28.9 Å². The number of fused-ring (bicyclic) bond motifs is 1. The second kappa shape index (κ2) is 8.05. The van der Waals surface area contributed by atoms with Crippen LogP contribution in [-0.2, 0) is 13.1 Å². The lowest BCUT2D eigenvalue weighted by Gasteiger charge is -2.17. The number of aromatic nitrogens is 4. The molecule has 4 aromatic rings. The van der Waals surface area contributed by atoms with Gasteiger partial charge in [0.25, 0.3) is 5.56 Å². The number of nitrogens with zero attached hydrogens (tertiary/aromatic N) is 5. The van der Waals surface area contributed by atoms with Crippen molar-refractivity contribution in [2.24, 2.45) is 5.73 Å². The van der Waals surface area contributed by atoms with Crippen molar-refractivity contribution in [3.05, 3.63) is 82.4 Å². The maximum atomic E-state index is 13.6. The molecule has 7 nitrogen and oxygen atoms in total. The van der Waals surface area contributed by atoms with Crippen LogP contribution < -0.4 is 16.2 Å². The summed E-state index contributed by atoms with van der Waals surface area (Å²) in [6, 6.07) is 17.0. The first kappa shape index (κ1) is 20.1. The summed E-state index contributed by atoms with van der Waals surface area (Å²) in [6.45, 7) is 4.81. The molecule has 2 aromatic heterocycles. The first-order valence-electron chi connectivity index (χ1n) is 10.6. The summed E-state index contributed by atoms with van der Waals surface area (Å²) >= 11 is 0. The van der Waals surface area contributed by atoms with Crippen molar-refractivity contribution in [3.63, 3.8) is 0 Å². The number of benzene rings is 2. The molecule has 1 aliphatic rings. The highest BCUT2D eigenvalue weighted by molar-refractivity contribution is 5.88. The van der Waals surface area contributed by atoms with Crippen molar-refractivity contribution in [3.8, 4) is 28.2 Å². The van der Waals surface area contributed by atoms with E-state index in [4.69, 9.17) is 15.9 Å². The van der Waals surface area contributed by atoms with E-state index < -0.39 is 0 Å². The quantitative estimate of drug-likeness (QED) is 0.526. The molecular formula is C24H23FN6O. The summed E-state index contributed by atoms with van der Waals surface area (Å²) in [5.41, 5.74) is 10.1. The molecule has 0 bridgehead atoms. The zero-order chi connectivity index (χ0) is 22.2. The highest BCUT2D eigenvalue weighted by Crippen LogP contribution is 2.40. The van der Waals surface area contributed by atoms with Crippen molar-refractivity contribution in [1.29, 1.82) is 0 Å². The van der Waals surface area contributed by atoms with E-state index in [9.17, 15) is 9.18 Å². The zero-order valence-electron chi connectivity index (χ0n) is 17.7. The van der Waals surface area contributed by atoms with E-state index in [-0.39, 0.29) is 11.4 Å². The van der Waals surface area contributed by atoms with Crippen LogP contribution in [0.4, 0.5) is 10.2 Å². The van der Waals surface area contributed by atoms with Crippen LogP contribution in [0.2, 0.25) is 0 Å². The molecule has 0 fully saturated rings. The Hall–Kier alpha value is -3.78. The highest BCUT2D eigenvalue weighted by atomic mass is 19.1. The van der Waals surface area contributed by atoms with Gasteiger partial charge in [0.05, 0.1) is 23.5 Å². The molecule has 0 saturated carbocycles. The van der Waals surface area contributed by atoms with Gasteiger partial charge in [0.2, 0.25) is 0 Å². The Morgan fingerprint density at radius 1 is 1.00 bits per heavy atom. The topological polar surface area (TPSA) is 82.0 Å². The molecule has 0 spiro atoms. The SMILES string of the molecule is CCN1CCn2nc(-c3ccc(F)cc3)c(-c3ccc(=O)n(-c4ccccc4CN)n3)c21. The molecule has 8 heteroatoms. The number of halogens is 1. The summed E-state index contributed by atoms with van der Waals surface area (Å²) in [5, 5.41) is 9.57. The van der Waals surface area contributed by atoms with E-state index in [0.717, 1.165) is 42.1 Å². The second-order valence-corrected chi connectivity index (χ2v) is 7.66. The van der Waals surface area contributed by atoms with E-state index in [1.165, 1.54) is 22.9 Å². The van der Waals surface area contributed by atoms with Gasteiger partial charge in [-0.3, -0.25) is 4.79 Å². The summed E-state index contributed by atoms with van der Waals surface area (Å²) in [7, 11) is 0. The molecule has 162 valence electrons. The fraction of sp³-hybridized carbons (Fsp3) is 0.208. The van der Waals surface area contributed by atoms with Crippen molar-refractivity contribution < 1.29 is 4.39 Å². The number of likely N-dealkylation sites (N-methyl/N-ethyl adjacent to an activating group) is 1. The molecule has 0 aliphatic carbocycles. The van der Waals surface area contributed by atoms with Crippen molar-refractivity contribution in [2.45, 2.75) is 20.0 Å². The predicted molar refractivity (Wildman–Crippen MR) is 122 cm³/mol. The Bertz CT molecular complexity index is 1340. The second-order valence-electron chi connectivity index (χ2n) is 7.66. The molecule has 32 heavy (non-hydrogen) atoms. The van der Waals surface area contributed by atoms with Gasteiger partial charge in [-0.1, -0.05) is 18.2 Å². The van der Waals surface area contributed by atoms with Crippen LogP contribution in [0.5, 0.6) is 0 Å². The minimum atomic E-state index is -0.303. The van der Waals surface area contributed by atoms with Crippen LogP contribution in [0.25, 0.3) is 28.2 Å². The van der Waals surface area contributed by atoms with Crippen LogP contribution in [0.15, 0.2) is 65.5 Å². The van der Waals surface area contributed by atoms with Gasteiger partial charge < -0.3 is 10.6 Å². The molecule has 0 unspecified atom stereocenters. The first-order valence-corrected chi connectivity index (χ1v) is 10.6. The minimum Gasteiger partial charge on any atom is -0.355 e. The Morgan fingerprint density at radius 2 is 1.78 bits per heavy atom. The van der Waals surface area contributed by atoms with Crippen molar-refractivity contribution in [2.75, 3.05) is 18.0 Å². The summed E-state index contributed by atoms with van der Waals surface area (Å²) in [5.74, 6) is 0.652. The van der Waals surface area contributed by atoms with Gasteiger partial charge in [-0.15, -0.1) is 0 Å². The molecule has 2 N–H and O–H groups in total. The van der Waals surface area contributed by atoms with Crippen LogP contribution in [0.3, 0.4) is 0 Å². The molecule has 0 saturated heterocycles. The lowest BCUT2D eigenvalue weighted by Crippen LogP contribution is -2.23. The lowest BCUT2D eigenvalue weighted by molar-refractivity contribution is 0.628. The van der Waals surface area contributed by atoms with Crippen molar-refractivity contribution >= 4 is 5.82 Å². The summed E-state index contributed by atoms with van der Waals surface area (Å²) < 4.78 is 16.9. The van der Waals surface area contributed by atoms with Crippen LogP contribution in [-0.4, -0.2) is 32.7 Å². The van der Waals surface area contributed by atoms with Crippen LogP contribution in [0, 0.1) is 5.82 Å². The van der Waals surface area contributed by atoms with Gasteiger partial charge in [0.1, 0.15) is 17.3 Å². The number of anilines is 1. The van der Waals surface area contributed by atoms with Gasteiger partial charge >= 0.3 is 0 Å². The standard InChI is InChI=1S/C24H23FN6O/c1-2-29-13-14-30-24(29)22(23(28-30)16-7-9-18(25)10-8-16)19-11-12-21(32)31(27-19)20-6-4-3-5-17(20)15-26/h3-12H,2,13-15,26H2,1H3. The highest BCUT2D eigenvalue weighted by Gasteiger charge is 2.29. The molecule has 2 aromatic carbocycles. The Morgan fingerprint density at radius 3 is 2.53 bits per heavy atom. The van der Waals surface area contributed by atoms with Crippen LogP contribution in [0.1, 0.15) is 12.5 Å². The van der Waals surface area contributed by atoms with E-state index in [0.29, 0.717) is 23.6 Å². The normalized spacial score (nSPS) is 12.9. The van der Waals surface area contributed by atoms with Gasteiger partial charge in [-0.25, -0.2) is 9.07 Å². The Balaban J connectivity index is 1.75. The van der Waals surface area contributed by atoms with Gasteiger partial charge in [-0.05, 0) is 48.9 Å². The molecule has 0 atom stereocenters. The maximum absolute atomic E-state index is 13.6. The Labute approximate surface area is 184 Å². The van der Waals surface area contributed by atoms with E-state index in [1.54, 1.807) is 18.2 Å². The van der Waals surface area contributed by atoms with E-state index >= 15 is 0 Å². The average molecular weight is 430 g/mol. The number of nitrogens with two attached hydrogens (primary N) is 1. The fourth-order valence-electron chi connectivity index (χ4n) is 4.21. The Kier molecular flexibility index (Phi) is 5.07. The van der Waals surface area contributed by atoms with Gasteiger partial charge in [0, 0.05) is 31.3 Å². The van der Waals surface area contributed by atoms with E-state index in [2.05, 4.69) is 11.8 Å². The predicted octanol–water partition coefficient (Wildman–Crippen LogP) is 3.20. The minimum absolute atomic E-state index is 0.242. The number of rotatable bonds is 5. The third-order valence-electron chi connectivity index (χ3n) is 5.80. The van der Waals surface area contributed by atoms with Crippen molar-refractivity contribution in [1.82, 2.24) is 19.6 Å². The number of hydrogen-bond donors (Lipinski definition) is 1. The number of para-hydroxylation sites is 1. The monoisotopic (exact) mass is 430 g/mol. The van der Waals surface area contributed by atoms with Crippen LogP contribution >= 0.6 is 0 Å². The number of hydrogen-bond acceptors (Lipinski definition) is 5. The lowest BCUT2D eigenvalue weighted by atomic mass is 10.0. The smallest absolute Gasteiger partial charge is 0.271 e. The molecule has 0 amide bonds. The average Bonchev–Trinajstić information content (AvgIpc) is 3.39. The first-order chi connectivity index (χ1) is 15.6. The third-order valence-corrected chi connectivity index (χ3v) is 5.80. The molecule has 5 rings (SSSR count). The molecule has 3 heterocycles. The largest absolute Gasteiger partial charge is 0.355 e.